The predicted molar refractivity (Wildman–Crippen MR) is 121 cm³/mol. The fourth-order valence-electron chi connectivity index (χ4n) is 5.38. The zero-order valence-corrected chi connectivity index (χ0v) is 20.9. The summed E-state index contributed by atoms with van der Waals surface area (Å²) in [6, 6.07) is 0. The molecule has 0 radical (unpaired) electrons. The van der Waals surface area contributed by atoms with Gasteiger partial charge in [-0.15, -0.1) is 10.3 Å². The van der Waals surface area contributed by atoms with Crippen molar-refractivity contribution in [3.63, 3.8) is 0 Å². The van der Waals surface area contributed by atoms with E-state index >= 15 is 0 Å². The number of hydrogen-bond donors (Lipinski definition) is 0. The molecule has 170 valence electrons. The molecule has 2 aliphatic carbocycles. The summed E-state index contributed by atoms with van der Waals surface area (Å²) in [6.45, 7) is 13.9. The average Bonchev–Trinajstić information content (AvgIpc) is 2.92. The second-order valence-electron chi connectivity index (χ2n) is 10.1. The number of fused-ring (bicyclic) bond motifs is 2. The minimum atomic E-state index is -3.96. The average molecular weight is 449 g/mol. The highest BCUT2D eigenvalue weighted by molar-refractivity contribution is 8.34. The van der Waals surface area contributed by atoms with Crippen molar-refractivity contribution in [1.82, 2.24) is 0 Å². The molecule has 2 bridgehead atoms. The van der Waals surface area contributed by atoms with Crippen LogP contribution in [0.15, 0.2) is 0 Å². The van der Waals surface area contributed by atoms with E-state index in [4.69, 9.17) is 3.63 Å². The minimum absolute atomic E-state index is 0.0658. The van der Waals surface area contributed by atoms with Crippen molar-refractivity contribution >= 4 is 32.0 Å². The Labute approximate surface area is 179 Å². The Hall–Kier alpha value is -0.400. The van der Waals surface area contributed by atoms with Crippen molar-refractivity contribution in [1.29, 1.82) is 0 Å². The van der Waals surface area contributed by atoms with Gasteiger partial charge in [-0.25, -0.2) is 3.63 Å². The van der Waals surface area contributed by atoms with Crippen molar-refractivity contribution in [3.05, 3.63) is 0 Å². The predicted octanol–water partition coefficient (Wildman–Crippen LogP) is 5.02. The molecule has 7 heteroatoms. The van der Waals surface area contributed by atoms with Gasteiger partial charge in [0.25, 0.3) is 10.1 Å². The van der Waals surface area contributed by atoms with E-state index in [1.165, 1.54) is 0 Å². The molecule has 2 rings (SSSR count). The molecule has 0 aliphatic heterocycles. The first-order valence-corrected chi connectivity index (χ1v) is 14.4. The normalized spacial score (nSPS) is 27.2. The van der Waals surface area contributed by atoms with Gasteiger partial charge in [0.05, 0.1) is 16.9 Å². The van der Waals surface area contributed by atoms with Crippen LogP contribution in [0.25, 0.3) is 0 Å². The van der Waals surface area contributed by atoms with Crippen molar-refractivity contribution in [3.8, 4) is 0 Å². The van der Waals surface area contributed by atoms with Gasteiger partial charge in [0.15, 0.2) is 0 Å². The number of Topliss-reactive ketones (excluding diaryl/α,β-unsaturated/α-hetero) is 2. The molecule has 0 saturated heterocycles. The molecule has 0 spiro atoms. The van der Waals surface area contributed by atoms with Gasteiger partial charge in [0.2, 0.25) is 0 Å². The monoisotopic (exact) mass is 448 g/mol. The molecule has 2 fully saturated rings. The molecule has 0 aromatic heterocycles. The van der Waals surface area contributed by atoms with Crippen LogP contribution in [0.1, 0.15) is 87.0 Å². The van der Waals surface area contributed by atoms with Crippen LogP contribution in [0.3, 0.4) is 0 Å². The van der Waals surface area contributed by atoms with Crippen LogP contribution in [-0.4, -0.2) is 42.0 Å². The second kappa shape index (κ2) is 8.62. The van der Waals surface area contributed by atoms with Crippen molar-refractivity contribution in [2.75, 3.05) is 11.5 Å². The highest BCUT2D eigenvalue weighted by Crippen LogP contribution is 2.65. The van der Waals surface area contributed by atoms with E-state index in [2.05, 4.69) is 0 Å². The van der Waals surface area contributed by atoms with Crippen LogP contribution in [0.5, 0.6) is 0 Å². The molecule has 0 aromatic rings. The van der Waals surface area contributed by atoms with Gasteiger partial charge in [0.1, 0.15) is 11.6 Å². The maximum Gasteiger partial charge on any atom is 0.277 e. The van der Waals surface area contributed by atoms with E-state index in [0.717, 1.165) is 19.3 Å². The summed E-state index contributed by atoms with van der Waals surface area (Å²) in [4.78, 5) is 25.4. The van der Waals surface area contributed by atoms with Gasteiger partial charge >= 0.3 is 0 Å². The number of unbranched alkanes of at least 4 members (excludes halogenated alkanes) is 1. The summed E-state index contributed by atoms with van der Waals surface area (Å²) in [5.41, 5.74) is -1.17. The summed E-state index contributed by atoms with van der Waals surface area (Å²) in [6.07, 6.45) is 4.20. The van der Waals surface area contributed by atoms with Gasteiger partial charge in [-0.3, -0.25) is 9.59 Å². The lowest BCUT2D eigenvalue weighted by molar-refractivity contribution is -0.128. The van der Waals surface area contributed by atoms with E-state index < -0.39 is 25.8 Å². The largest absolute Gasteiger partial charge is 0.299 e. The summed E-state index contributed by atoms with van der Waals surface area (Å²) in [7, 11) is -6.15. The first-order chi connectivity index (χ1) is 13.2. The Kier molecular flexibility index (Phi) is 7.39. The third-order valence-electron chi connectivity index (χ3n) is 7.58. The fraction of sp³-hybridized carbons (Fsp3) is 0.909. The van der Waals surface area contributed by atoms with E-state index in [1.807, 2.05) is 48.5 Å². The van der Waals surface area contributed by atoms with Crippen molar-refractivity contribution in [2.24, 2.45) is 16.7 Å². The molecule has 29 heavy (non-hydrogen) atoms. The van der Waals surface area contributed by atoms with E-state index in [1.54, 1.807) is 0 Å². The Balaban J connectivity index is 2.32. The molecule has 2 aliphatic rings. The Morgan fingerprint density at radius 3 is 2.17 bits per heavy atom. The molecular formula is C22H40O5S2. The van der Waals surface area contributed by atoms with E-state index in [0.29, 0.717) is 19.3 Å². The first-order valence-electron chi connectivity index (χ1n) is 11.0. The van der Waals surface area contributed by atoms with Crippen LogP contribution in [-0.2, 0) is 23.3 Å². The molecule has 0 amide bonds. The molecule has 5 nitrogen and oxygen atoms in total. The zero-order chi connectivity index (χ0) is 22.3. The van der Waals surface area contributed by atoms with Crippen LogP contribution in [0.4, 0.5) is 0 Å². The highest BCUT2D eigenvalue weighted by atomic mass is 32.3. The third-order valence-corrected chi connectivity index (χ3v) is 14.2. The Bertz CT molecular complexity index is 730. The molecule has 0 aromatic carbocycles. The quantitative estimate of drug-likeness (QED) is 0.443. The molecule has 0 heterocycles. The molecule has 2 unspecified atom stereocenters. The summed E-state index contributed by atoms with van der Waals surface area (Å²) < 4.78 is 32.7. The minimum Gasteiger partial charge on any atom is -0.299 e. The van der Waals surface area contributed by atoms with Crippen molar-refractivity contribution in [2.45, 2.75) is 97.5 Å². The number of ketones is 2. The zero-order valence-electron chi connectivity index (χ0n) is 19.2. The molecule has 2 atom stereocenters. The third kappa shape index (κ3) is 4.47. The SMILES string of the molecule is CCCCC(=O)CS(OS(=O)(=O)CC12CCC(CC1=O)C2(C)C)(C(C)C)C(C)C. The molecular weight excluding hydrogens is 408 g/mol. The lowest BCUT2D eigenvalue weighted by Gasteiger charge is -2.46. The van der Waals surface area contributed by atoms with Gasteiger partial charge in [0, 0.05) is 23.3 Å². The standard InChI is InChI=1S/C22H40O5S2/c1-8-9-10-19(23)14-28(16(2)3,17(4)5)27-29(25,26)15-22-12-11-18(13-20(22)24)21(22,6)7/h16-18H,8-15H2,1-7H3. The number of hydrogen-bond acceptors (Lipinski definition) is 5. The smallest absolute Gasteiger partial charge is 0.277 e. The molecule has 0 N–H and O–H groups in total. The second-order valence-corrected chi connectivity index (χ2v) is 15.8. The maximum absolute atomic E-state index is 13.4. The number of carbonyl (C=O) groups is 2. The summed E-state index contributed by atoms with van der Waals surface area (Å²) >= 11 is 0. The topological polar surface area (TPSA) is 77.5 Å². The summed E-state index contributed by atoms with van der Waals surface area (Å²) in [5, 5.41) is -0.132. The van der Waals surface area contributed by atoms with Crippen LogP contribution < -0.4 is 0 Å². The lowest BCUT2D eigenvalue weighted by Crippen LogP contribution is -2.43. The van der Waals surface area contributed by atoms with Crippen LogP contribution in [0, 0.1) is 16.7 Å². The van der Waals surface area contributed by atoms with E-state index in [-0.39, 0.29) is 44.9 Å². The maximum atomic E-state index is 13.4. The summed E-state index contributed by atoms with van der Waals surface area (Å²) in [5.74, 6) is 0.331. The molecule has 2 saturated carbocycles. The van der Waals surface area contributed by atoms with Gasteiger partial charge < -0.3 is 0 Å². The lowest BCUT2D eigenvalue weighted by atomic mass is 9.70. The van der Waals surface area contributed by atoms with Crippen molar-refractivity contribution < 1.29 is 21.6 Å². The van der Waals surface area contributed by atoms with Crippen LogP contribution in [0.2, 0.25) is 0 Å². The van der Waals surface area contributed by atoms with Gasteiger partial charge in [-0.05, 0) is 30.6 Å². The van der Waals surface area contributed by atoms with Gasteiger partial charge in [-0.2, -0.15) is 8.42 Å². The van der Waals surface area contributed by atoms with Gasteiger partial charge in [-0.1, -0.05) is 54.9 Å². The fourth-order valence-corrected chi connectivity index (χ4v) is 12.3. The number of rotatable bonds is 11. The number of carbonyl (C=O) groups excluding carboxylic acids is 2. The first kappa shape index (κ1) is 24.9. The highest BCUT2D eigenvalue weighted by Gasteiger charge is 2.65. The van der Waals surface area contributed by atoms with Crippen LogP contribution >= 0.6 is 10.3 Å². The van der Waals surface area contributed by atoms with E-state index in [9.17, 15) is 18.0 Å². The Morgan fingerprint density at radius 1 is 1.17 bits per heavy atom. The Morgan fingerprint density at radius 2 is 1.76 bits per heavy atom.